The molecular formula is C18H31N3. The highest BCUT2D eigenvalue weighted by atomic mass is 15.3. The Morgan fingerprint density at radius 1 is 1.24 bits per heavy atom. The minimum atomic E-state index is 0.675. The van der Waals surface area contributed by atoms with Crippen LogP contribution in [0.4, 0.5) is 0 Å². The molecule has 3 rings (SSSR count). The fourth-order valence-corrected chi connectivity index (χ4v) is 4.38. The molecule has 2 aliphatic rings. The number of hydrogen-bond donors (Lipinski definition) is 1. The van der Waals surface area contributed by atoms with E-state index in [4.69, 9.17) is 5.10 Å². The van der Waals surface area contributed by atoms with Gasteiger partial charge in [0.05, 0.1) is 11.7 Å². The zero-order valence-electron chi connectivity index (χ0n) is 13.7. The van der Waals surface area contributed by atoms with Crippen LogP contribution >= 0.6 is 0 Å². The molecule has 0 amide bonds. The summed E-state index contributed by atoms with van der Waals surface area (Å²) in [5.41, 5.74) is 1.31. The normalized spacial score (nSPS) is 30.9. The van der Waals surface area contributed by atoms with E-state index >= 15 is 0 Å². The highest BCUT2D eigenvalue weighted by Gasteiger charge is 2.29. The topological polar surface area (TPSA) is 29.9 Å². The molecule has 21 heavy (non-hydrogen) atoms. The molecule has 3 heteroatoms. The van der Waals surface area contributed by atoms with Crippen LogP contribution in [0.1, 0.15) is 70.5 Å². The summed E-state index contributed by atoms with van der Waals surface area (Å²) >= 11 is 0. The van der Waals surface area contributed by atoms with Crippen LogP contribution in [0.2, 0.25) is 0 Å². The van der Waals surface area contributed by atoms with E-state index in [0.717, 1.165) is 24.8 Å². The van der Waals surface area contributed by atoms with E-state index in [0.29, 0.717) is 12.1 Å². The second-order valence-electron chi connectivity index (χ2n) is 7.27. The third-order valence-corrected chi connectivity index (χ3v) is 5.54. The Balaban J connectivity index is 1.63. The lowest BCUT2D eigenvalue weighted by atomic mass is 9.76. The Morgan fingerprint density at radius 2 is 2.05 bits per heavy atom. The van der Waals surface area contributed by atoms with Crippen molar-refractivity contribution in [1.82, 2.24) is 15.1 Å². The van der Waals surface area contributed by atoms with Gasteiger partial charge in [-0.1, -0.05) is 26.7 Å². The molecule has 3 unspecified atom stereocenters. The zero-order chi connectivity index (χ0) is 14.7. The van der Waals surface area contributed by atoms with Crippen LogP contribution in [0.15, 0.2) is 12.3 Å². The second-order valence-corrected chi connectivity index (χ2v) is 7.27. The van der Waals surface area contributed by atoms with Gasteiger partial charge in [0, 0.05) is 12.2 Å². The number of hydrogen-bond acceptors (Lipinski definition) is 2. The first kappa shape index (κ1) is 15.1. The smallest absolute Gasteiger partial charge is 0.0628 e. The summed E-state index contributed by atoms with van der Waals surface area (Å²) in [5.74, 6) is 1.64. The van der Waals surface area contributed by atoms with E-state index in [1.165, 1.54) is 50.6 Å². The van der Waals surface area contributed by atoms with Gasteiger partial charge in [0.25, 0.3) is 0 Å². The van der Waals surface area contributed by atoms with Crippen molar-refractivity contribution in [3.05, 3.63) is 18.0 Å². The third kappa shape index (κ3) is 3.68. The first-order valence-corrected chi connectivity index (χ1v) is 9.03. The van der Waals surface area contributed by atoms with E-state index in [1.54, 1.807) is 0 Å². The summed E-state index contributed by atoms with van der Waals surface area (Å²) in [5, 5.41) is 8.60. The minimum absolute atomic E-state index is 0.675. The van der Waals surface area contributed by atoms with Gasteiger partial charge in [0.1, 0.15) is 0 Å². The molecule has 0 bridgehead atoms. The third-order valence-electron chi connectivity index (χ3n) is 5.54. The van der Waals surface area contributed by atoms with Crippen molar-refractivity contribution in [2.45, 2.75) is 77.3 Å². The molecule has 2 saturated carbocycles. The van der Waals surface area contributed by atoms with Crippen molar-refractivity contribution in [3.63, 3.8) is 0 Å². The highest BCUT2D eigenvalue weighted by molar-refractivity contribution is 5.03. The lowest BCUT2D eigenvalue weighted by Gasteiger charge is -2.35. The van der Waals surface area contributed by atoms with Crippen molar-refractivity contribution >= 4 is 0 Å². The molecule has 118 valence electrons. The molecule has 0 spiro atoms. The second kappa shape index (κ2) is 6.95. The first-order chi connectivity index (χ1) is 10.3. The molecule has 2 fully saturated rings. The molecule has 1 aromatic rings. The van der Waals surface area contributed by atoms with E-state index < -0.39 is 0 Å². The van der Waals surface area contributed by atoms with Gasteiger partial charge in [-0.2, -0.15) is 5.10 Å². The van der Waals surface area contributed by atoms with Crippen molar-refractivity contribution in [2.24, 2.45) is 11.8 Å². The van der Waals surface area contributed by atoms with Crippen molar-refractivity contribution in [2.75, 3.05) is 6.54 Å². The number of rotatable bonds is 5. The van der Waals surface area contributed by atoms with E-state index in [-0.39, 0.29) is 0 Å². The Labute approximate surface area is 129 Å². The van der Waals surface area contributed by atoms with Gasteiger partial charge in [-0.15, -0.1) is 0 Å². The summed E-state index contributed by atoms with van der Waals surface area (Å²) in [6, 6.07) is 3.64. The molecule has 0 aliphatic heterocycles. The van der Waals surface area contributed by atoms with Crippen LogP contribution in [0, 0.1) is 11.8 Å². The maximum Gasteiger partial charge on any atom is 0.0628 e. The fourth-order valence-electron chi connectivity index (χ4n) is 4.38. The average molecular weight is 289 g/mol. The molecule has 2 aliphatic carbocycles. The zero-order valence-corrected chi connectivity index (χ0v) is 13.7. The quantitative estimate of drug-likeness (QED) is 0.889. The monoisotopic (exact) mass is 289 g/mol. The average Bonchev–Trinajstić information content (AvgIpc) is 3.12. The first-order valence-electron chi connectivity index (χ1n) is 9.03. The van der Waals surface area contributed by atoms with E-state index in [2.05, 4.69) is 36.1 Å². The van der Waals surface area contributed by atoms with Crippen LogP contribution in [-0.2, 0) is 6.42 Å². The van der Waals surface area contributed by atoms with Crippen molar-refractivity contribution in [1.29, 1.82) is 0 Å². The van der Waals surface area contributed by atoms with Gasteiger partial charge in [0.15, 0.2) is 0 Å². The molecule has 3 atom stereocenters. The summed E-state index contributed by atoms with van der Waals surface area (Å²) in [7, 11) is 0. The molecule has 3 nitrogen and oxygen atoms in total. The van der Waals surface area contributed by atoms with Crippen LogP contribution in [0.25, 0.3) is 0 Å². The Morgan fingerprint density at radius 3 is 2.81 bits per heavy atom. The Bertz CT molecular complexity index is 433. The van der Waals surface area contributed by atoms with Gasteiger partial charge >= 0.3 is 0 Å². The lowest BCUT2D eigenvalue weighted by molar-refractivity contribution is 0.212. The molecule has 0 aromatic carbocycles. The predicted octanol–water partition coefficient (Wildman–Crippen LogP) is 3.96. The van der Waals surface area contributed by atoms with Crippen LogP contribution in [0.5, 0.6) is 0 Å². The Hall–Kier alpha value is -0.830. The van der Waals surface area contributed by atoms with Crippen LogP contribution in [-0.4, -0.2) is 22.4 Å². The number of aromatic nitrogens is 2. The largest absolute Gasteiger partial charge is 0.314 e. The van der Waals surface area contributed by atoms with Crippen molar-refractivity contribution < 1.29 is 0 Å². The Kier molecular flexibility index (Phi) is 4.99. The number of nitrogens with one attached hydrogen (secondary N) is 1. The standard InChI is InChI=1S/C18H31N3/c1-3-19-18-9-8-14(2)12-15(18)13-16-10-11-21(20-16)17-6-4-5-7-17/h10-11,14-15,17-19H,3-9,12-13H2,1-2H3. The van der Waals surface area contributed by atoms with Gasteiger partial charge in [-0.3, -0.25) is 4.68 Å². The number of nitrogens with zero attached hydrogens (tertiary/aromatic N) is 2. The molecule has 1 aromatic heterocycles. The van der Waals surface area contributed by atoms with E-state index in [9.17, 15) is 0 Å². The predicted molar refractivity (Wildman–Crippen MR) is 87.4 cm³/mol. The highest BCUT2D eigenvalue weighted by Crippen LogP contribution is 2.32. The maximum absolute atomic E-state index is 4.89. The molecule has 1 N–H and O–H groups in total. The molecule has 0 saturated heterocycles. The summed E-state index contributed by atoms with van der Waals surface area (Å²) in [6.07, 6.45) is 12.8. The summed E-state index contributed by atoms with van der Waals surface area (Å²) in [6.45, 7) is 5.72. The van der Waals surface area contributed by atoms with Crippen LogP contribution < -0.4 is 5.32 Å². The van der Waals surface area contributed by atoms with Gasteiger partial charge in [-0.25, -0.2) is 0 Å². The van der Waals surface area contributed by atoms with Gasteiger partial charge in [0.2, 0.25) is 0 Å². The molecule has 1 heterocycles. The SMILES string of the molecule is CCNC1CCC(C)CC1Cc1ccn(C2CCCC2)n1. The molecule has 0 radical (unpaired) electrons. The summed E-state index contributed by atoms with van der Waals surface area (Å²) < 4.78 is 2.25. The van der Waals surface area contributed by atoms with Gasteiger partial charge in [-0.05, 0) is 63.0 Å². The van der Waals surface area contributed by atoms with E-state index in [1.807, 2.05) is 0 Å². The van der Waals surface area contributed by atoms with Crippen molar-refractivity contribution in [3.8, 4) is 0 Å². The fraction of sp³-hybridized carbons (Fsp3) is 0.833. The summed E-state index contributed by atoms with van der Waals surface area (Å²) in [4.78, 5) is 0. The lowest BCUT2D eigenvalue weighted by Crippen LogP contribution is -2.41. The minimum Gasteiger partial charge on any atom is -0.314 e. The van der Waals surface area contributed by atoms with Gasteiger partial charge < -0.3 is 5.32 Å². The maximum atomic E-state index is 4.89. The molecular weight excluding hydrogens is 258 g/mol. The van der Waals surface area contributed by atoms with Crippen LogP contribution in [0.3, 0.4) is 0 Å².